The fraction of sp³-hybridized carbons (Fsp3) is 0.176. The molecule has 0 spiro atoms. The highest BCUT2D eigenvalue weighted by Crippen LogP contribution is 2.32. The minimum Gasteiger partial charge on any atom is -0.468 e. The number of benzene rings is 1. The molecule has 146 valence electrons. The van der Waals surface area contributed by atoms with Crippen LogP contribution in [0.4, 0.5) is 5.69 Å². The first-order valence-electron chi connectivity index (χ1n) is 7.92. The SMILES string of the molecule is COC(=O)c1c(NC(=O)c2ccn(COc3c(Cl)cccc3Cl)n2)cnn1C. The molecular weight excluding hydrogens is 409 g/mol. The summed E-state index contributed by atoms with van der Waals surface area (Å²) in [5, 5.41) is 11.4. The molecule has 1 N–H and O–H groups in total. The van der Waals surface area contributed by atoms with E-state index in [4.69, 9.17) is 32.7 Å². The van der Waals surface area contributed by atoms with Crippen LogP contribution in [0.5, 0.6) is 5.75 Å². The number of nitrogens with zero attached hydrogens (tertiary/aromatic N) is 4. The van der Waals surface area contributed by atoms with E-state index in [2.05, 4.69) is 15.5 Å². The molecule has 9 nitrogen and oxygen atoms in total. The van der Waals surface area contributed by atoms with Crippen molar-refractivity contribution in [2.75, 3.05) is 12.4 Å². The van der Waals surface area contributed by atoms with E-state index in [1.165, 1.54) is 28.7 Å². The summed E-state index contributed by atoms with van der Waals surface area (Å²) in [5.74, 6) is -0.816. The Morgan fingerprint density at radius 3 is 2.61 bits per heavy atom. The maximum atomic E-state index is 12.4. The highest BCUT2D eigenvalue weighted by Gasteiger charge is 2.20. The number of esters is 1. The van der Waals surface area contributed by atoms with Crippen LogP contribution in [0.25, 0.3) is 0 Å². The van der Waals surface area contributed by atoms with Crippen molar-refractivity contribution < 1.29 is 19.1 Å². The summed E-state index contributed by atoms with van der Waals surface area (Å²) in [5.41, 5.74) is 0.452. The fourth-order valence-electron chi connectivity index (χ4n) is 2.36. The number of ether oxygens (including phenoxy) is 2. The lowest BCUT2D eigenvalue weighted by atomic mass is 10.3. The monoisotopic (exact) mass is 423 g/mol. The van der Waals surface area contributed by atoms with E-state index < -0.39 is 11.9 Å². The van der Waals surface area contributed by atoms with E-state index in [1.807, 2.05) is 0 Å². The molecule has 0 atom stereocenters. The van der Waals surface area contributed by atoms with Gasteiger partial charge in [0.15, 0.2) is 23.9 Å². The van der Waals surface area contributed by atoms with Crippen molar-refractivity contribution in [3.8, 4) is 5.75 Å². The van der Waals surface area contributed by atoms with Gasteiger partial charge in [-0.25, -0.2) is 9.48 Å². The Balaban J connectivity index is 1.69. The van der Waals surface area contributed by atoms with Crippen LogP contribution in [0.2, 0.25) is 10.0 Å². The fourth-order valence-corrected chi connectivity index (χ4v) is 2.87. The zero-order valence-corrected chi connectivity index (χ0v) is 16.4. The number of aromatic nitrogens is 4. The summed E-state index contributed by atoms with van der Waals surface area (Å²) in [6.07, 6.45) is 2.91. The first-order valence-corrected chi connectivity index (χ1v) is 8.68. The molecule has 1 amide bonds. The zero-order valence-electron chi connectivity index (χ0n) is 14.8. The van der Waals surface area contributed by atoms with Crippen molar-refractivity contribution >= 4 is 40.8 Å². The second-order valence-electron chi connectivity index (χ2n) is 5.54. The zero-order chi connectivity index (χ0) is 20.3. The van der Waals surface area contributed by atoms with Crippen LogP contribution in [-0.4, -0.2) is 38.5 Å². The number of nitrogens with one attached hydrogen (secondary N) is 1. The summed E-state index contributed by atoms with van der Waals surface area (Å²) >= 11 is 12.1. The number of para-hydroxylation sites is 1. The summed E-state index contributed by atoms with van der Waals surface area (Å²) in [6.45, 7) is -0.00294. The Hall–Kier alpha value is -3.04. The third-order valence-electron chi connectivity index (χ3n) is 3.70. The molecule has 2 aromatic heterocycles. The normalized spacial score (nSPS) is 10.6. The molecule has 0 aliphatic rings. The number of anilines is 1. The molecule has 0 unspecified atom stereocenters. The van der Waals surface area contributed by atoms with Crippen LogP contribution < -0.4 is 10.1 Å². The number of methoxy groups -OCH3 is 1. The molecule has 28 heavy (non-hydrogen) atoms. The van der Waals surface area contributed by atoms with E-state index in [9.17, 15) is 9.59 Å². The average Bonchev–Trinajstić information content (AvgIpc) is 3.28. The van der Waals surface area contributed by atoms with Gasteiger partial charge < -0.3 is 14.8 Å². The van der Waals surface area contributed by atoms with E-state index in [0.29, 0.717) is 15.8 Å². The lowest BCUT2D eigenvalue weighted by Crippen LogP contribution is -2.17. The largest absolute Gasteiger partial charge is 0.468 e. The Labute approximate surface area is 169 Å². The lowest BCUT2D eigenvalue weighted by Gasteiger charge is -2.09. The number of hydrogen-bond acceptors (Lipinski definition) is 6. The molecular formula is C17H15Cl2N5O4. The van der Waals surface area contributed by atoms with Gasteiger partial charge in [-0.2, -0.15) is 10.2 Å². The minimum atomic E-state index is -0.620. The van der Waals surface area contributed by atoms with Gasteiger partial charge in [0.2, 0.25) is 0 Å². The van der Waals surface area contributed by atoms with Crippen molar-refractivity contribution in [3.63, 3.8) is 0 Å². The summed E-state index contributed by atoms with van der Waals surface area (Å²) < 4.78 is 13.0. The second kappa shape index (κ2) is 8.32. The van der Waals surface area contributed by atoms with Gasteiger partial charge in [-0.3, -0.25) is 9.48 Å². The van der Waals surface area contributed by atoms with Gasteiger partial charge in [0, 0.05) is 13.2 Å². The number of rotatable bonds is 6. The van der Waals surface area contributed by atoms with Crippen LogP contribution in [0.15, 0.2) is 36.7 Å². The van der Waals surface area contributed by atoms with E-state index >= 15 is 0 Å². The van der Waals surface area contributed by atoms with Crippen molar-refractivity contribution in [1.29, 1.82) is 0 Å². The van der Waals surface area contributed by atoms with Gasteiger partial charge in [0.1, 0.15) is 0 Å². The van der Waals surface area contributed by atoms with E-state index in [0.717, 1.165) is 0 Å². The quantitative estimate of drug-likeness (QED) is 0.611. The van der Waals surface area contributed by atoms with Crippen LogP contribution in [-0.2, 0) is 18.5 Å². The van der Waals surface area contributed by atoms with Gasteiger partial charge in [-0.15, -0.1) is 0 Å². The molecule has 3 aromatic rings. The van der Waals surface area contributed by atoms with Crippen molar-refractivity contribution in [2.45, 2.75) is 6.73 Å². The number of aryl methyl sites for hydroxylation is 1. The van der Waals surface area contributed by atoms with Crippen molar-refractivity contribution in [3.05, 3.63) is 58.1 Å². The van der Waals surface area contributed by atoms with Crippen LogP contribution >= 0.6 is 23.2 Å². The molecule has 0 bridgehead atoms. The summed E-state index contributed by atoms with van der Waals surface area (Å²) in [4.78, 5) is 24.2. The Bertz CT molecular complexity index is 1010. The number of amides is 1. The number of carbonyl (C=O) groups excluding carboxylic acids is 2. The molecule has 0 aliphatic carbocycles. The molecule has 0 fully saturated rings. The van der Waals surface area contributed by atoms with Gasteiger partial charge in [-0.05, 0) is 18.2 Å². The maximum Gasteiger partial charge on any atom is 0.358 e. The van der Waals surface area contributed by atoms with Gasteiger partial charge in [0.25, 0.3) is 5.91 Å². The minimum absolute atomic E-state index is 0.00294. The molecule has 11 heteroatoms. The molecule has 0 radical (unpaired) electrons. The lowest BCUT2D eigenvalue weighted by molar-refractivity contribution is 0.0589. The smallest absolute Gasteiger partial charge is 0.358 e. The molecule has 1 aromatic carbocycles. The predicted molar refractivity (Wildman–Crippen MR) is 102 cm³/mol. The van der Waals surface area contributed by atoms with E-state index in [-0.39, 0.29) is 23.8 Å². The highest BCUT2D eigenvalue weighted by molar-refractivity contribution is 6.37. The Morgan fingerprint density at radius 2 is 1.93 bits per heavy atom. The van der Waals surface area contributed by atoms with Crippen LogP contribution in [0.1, 0.15) is 21.0 Å². The highest BCUT2D eigenvalue weighted by atomic mass is 35.5. The summed E-state index contributed by atoms with van der Waals surface area (Å²) in [6, 6.07) is 6.50. The van der Waals surface area contributed by atoms with Crippen molar-refractivity contribution in [2.24, 2.45) is 7.05 Å². The maximum absolute atomic E-state index is 12.4. The third-order valence-corrected chi connectivity index (χ3v) is 4.29. The summed E-state index contributed by atoms with van der Waals surface area (Å²) in [7, 11) is 2.81. The molecule has 3 rings (SSSR count). The van der Waals surface area contributed by atoms with Crippen LogP contribution in [0, 0.1) is 0 Å². The average molecular weight is 424 g/mol. The molecule has 0 saturated heterocycles. The topological polar surface area (TPSA) is 100 Å². The van der Waals surface area contributed by atoms with Gasteiger partial charge in [0.05, 0.1) is 29.0 Å². The van der Waals surface area contributed by atoms with E-state index in [1.54, 1.807) is 31.4 Å². The predicted octanol–water partition coefficient (Wildman–Crippen LogP) is 3.00. The number of carbonyl (C=O) groups is 2. The second-order valence-corrected chi connectivity index (χ2v) is 6.36. The van der Waals surface area contributed by atoms with Gasteiger partial charge >= 0.3 is 5.97 Å². The number of halogens is 2. The van der Waals surface area contributed by atoms with Crippen LogP contribution in [0.3, 0.4) is 0 Å². The molecule has 0 saturated carbocycles. The molecule has 0 aliphatic heterocycles. The van der Waals surface area contributed by atoms with Crippen molar-refractivity contribution in [1.82, 2.24) is 19.6 Å². The Morgan fingerprint density at radius 1 is 1.21 bits per heavy atom. The first kappa shape index (κ1) is 19.7. The third kappa shape index (κ3) is 4.10. The first-order chi connectivity index (χ1) is 13.4. The molecule has 2 heterocycles. The Kier molecular flexibility index (Phi) is 5.86. The number of hydrogen-bond donors (Lipinski definition) is 1. The van der Waals surface area contributed by atoms with Gasteiger partial charge in [-0.1, -0.05) is 29.3 Å². The standard InChI is InChI=1S/C17H15Cl2N5O4/c1-23-14(17(26)27-2)13(8-20-23)21-16(25)12-6-7-24(22-12)9-28-15-10(18)4-3-5-11(15)19/h3-8H,9H2,1-2H3,(H,21,25).